The highest BCUT2D eigenvalue weighted by molar-refractivity contribution is 5.30. The third-order valence-electron chi connectivity index (χ3n) is 4.14. The van der Waals surface area contributed by atoms with Crippen LogP contribution >= 0.6 is 0 Å². The molecule has 0 bridgehead atoms. The molecule has 0 amide bonds. The van der Waals surface area contributed by atoms with Crippen LogP contribution in [-0.4, -0.2) is 19.8 Å². The van der Waals surface area contributed by atoms with E-state index in [4.69, 9.17) is 14.2 Å². The van der Waals surface area contributed by atoms with Crippen LogP contribution in [0.15, 0.2) is 30.3 Å². The van der Waals surface area contributed by atoms with Gasteiger partial charge in [-0.3, -0.25) is 0 Å². The van der Waals surface area contributed by atoms with Gasteiger partial charge in [-0.15, -0.1) is 0 Å². The fourth-order valence-corrected chi connectivity index (χ4v) is 2.77. The molecule has 0 spiro atoms. The first kappa shape index (κ1) is 20.5. The van der Waals surface area contributed by atoms with Crippen LogP contribution in [0.3, 0.4) is 0 Å². The quantitative estimate of drug-likeness (QED) is 0.656. The topological polar surface area (TPSA) is 27.7 Å². The second-order valence-corrected chi connectivity index (χ2v) is 6.47. The van der Waals surface area contributed by atoms with Crippen molar-refractivity contribution >= 4 is 0 Å². The molecule has 1 aliphatic heterocycles. The van der Waals surface area contributed by atoms with E-state index in [1.807, 2.05) is 0 Å². The average Bonchev–Trinajstić information content (AvgIpc) is 2.60. The van der Waals surface area contributed by atoms with Gasteiger partial charge in [0.25, 0.3) is 0 Å². The molecule has 0 radical (unpaired) electrons. The number of aryl methyl sites for hydroxylation is 1. The van der Waals surface area contributed by atoms with E-state index in [1.165, 1.54) is 0 Å². The van der Waals surface area contributed by atoms with Crippen LogP contribution in [0.25, 0.3) is 0 Å². The van der Waals surface area contributed by atoms with E-state index in [-0.39, 0.29) is 31.3 Å². The Kier molecular flexibility index (Phi) is 5.85. The number of benzene rings is 2. The molecule has 28 heavy (non-hydrogen) atoms. The predicted molar refractivity (Wildman–Crippen MR) is 86.1 cm³/mol. The average molecular weight is 406 g/mol. The summed E-state index contributed by atoms with van der Waals surface area (Å²) in [6.07, 6.45) is -5.83. The summed E-state index contributed by atoms with van der Waals surface area (Å²) in [7, 11) is 0. The molecular weight excluding hydrogens is 390 g/mol. The molecule has 1 saturated heterocycles. The Bertz CT molecular complexity index is 821. The normalized spacial score (nSPS) is 20.2. The Balaban J connectivity index is 1.57. The Hall–Kier alpha value is -2.26. The summed E-state index contributed by atoms with van der Waals surface area (Å²) in [5, 5.41) is 0. The molecule has 0 atom stereocenters. The summed E-state index contributed by atoms with van der Waals surface area (Å²) in [6, 6.07) is 4.68. The highest BCUT2D eigenvalue weighted by Crippen LogP contribution is 2.34. The summed E-state index contributed by atoms with van der Waals surface area (Å²) in [6.45, 7) is 1.57. The third-order valence-corrected chi connectivity index (χ3v) is 4.14. The maximum atomic E-state index is 13.8. The van der Waals surface area contributed by atoms with Gasteiger partial charge < -0.3 is 14.2 Å². The molecule has 0 N–H and O–H groups in total. The van der Waals surface area contributed by atoms with Gasteiger partial charge in [-0.25, -0.2) is 13.2 Å². The van der Waals surface area contributed by atoms with Gasteiger partial charge in [0.05, 0.1) is 25.4 Å². The van der Waals surface area contributed by atoms with Crippen LogP contribution in [0.4, 0.5) is 26.3 Å². The van der Waals surface area contributed by atoms with Crippen molar-refractivity contribution < 1.29 is 40.6 Å². The Morgan fingerprint density at radius 3 is 2.11 bits per heavy atom. The molecule has 2 aromatic rings. The van der Waals surface area contributed by atoms with Crippen molar-refractivity contribution in [1.29, 1.82) is 0 Å². The summed E-state index contributed by atoms with van der Waals surface area (Å²) in [4.78, 5) is 0. The van der Waals surface area contributed by atoms with Crippen molar-refractivity contribution in [2.45, 2.75) is 19.4 Å². The van der Waals surface area contributed by atoms with Gasteiger partial charge in [0.1, 0.15) is 5.82 Å². The van der Waals surface area contributed by atoms with Gasteiger partial charge in [-0.05, 0) is 36.8 Å². The van der Waals surface area contributed by atoms with Crippen LogP contribution in [0.1, 0.15) is 23.0 Å². The Morgan fingerprint density at radius 2 is 1.57 bits per heavy atom. The largest absolute Gasteiger partial charge is 0.487 e. The monoisotopic (exact) mass is 406 g/mol. The minimum atomic E-state index is -4.79. The number of halogens is 6. The van der Waals surface area contributed by atoms with Gasteiger partial charge >= 0.3 is 6.18 Å². The zero-order valence-electron chi connectivity index (χ0n) is 14.7. The van der Waals surface area contributed by atoms with Gasteiger partial charge in [0.15, 0.2) is 23.7 Å². The lowest BCUT2D eigenvalue weighted by Gasteiger charge is -2.29. The molecule has 2 aromatic carbocycles. The molecule has 0 saturated carbocycles. The lowest BCUT2D eigenvalue weighted by atomic mass is 10.1. The molecule has 1 heterocycles. The predicted octanol–water partition coefficient (Wildman–Crippen LogP) is 5.17. The van der Waals surface area contributed by atoms with Crippen LogP contribution < -0.4 is 4.74 Å². The van der Waals surface area contributed by atoms with Gasteiger partial charge in [-0.1, -0.05) is 6.07 Å². The second-order valence-electron chi connectivity index (χ2n) is 6.47. The maximum Gasteiger partial charge on any atom is 0.419 e. The van der Waals surface area contributed by atoms with Crippen LogP contribution in [0.2, 0.25) is 0 Å². The van der Waals surface area contributed by atoms with Gasteiger partial charge in [0, 0.05) is 11.5 Å². The van der Waals surface area contributed by atoms with Crippen molar-refractivity contribution in [3.8, 4) is 5.75 Å². The molecular formula is C19H16F6O3. The first-order chi connectivity index (χ1) is 13.1. The van der Waals surface area contributed by atoms with Gasteiger partial charge in [0.2, 0.25) is 0 Å². The van der Waals surface area contributed by atoms with E-state index in [9.17, 15) is 26.3 Å². The van der Waals surface area contributed by atoms with Crippen molar-refractivity contribution in [3.63, 3.8) is 0 Å². The molecule has 3 nitrogen and oxygen atoms in total. The Morgan fingerprint density at radius 1 is 0.964 bits per heavy atom. The summed E-state index contributed by atoms with van der Waals surface area (Å²) in [5.74, 6) is -3.94. The molecule has 9 heteroatoms. The number of alkyl halides is 3. The fourth-order valence-electron chi connectivity index (χ4n) is 2.77. The molecule has 0 unspecified atom stereocenters. The molecule has 1 fully saturated rings. The standard InChI is InChI=1S/C19H16F6O3/c1-10-4-15(21)17(16(22)5-10)26-7-11-8-27-18(28-9-11)12-2-3-13(14(20)6-12)19(23,24)25/h2-6,11,18H,7-9H2,1H3. The number of ether oxygens (including phenoxy) is 3. The molecule has 3 rings (SSSR count). The number of rotatable bonds is 4. The van der Waals surface area contributed by atoms with Crippen molar-refractivity contribution in [1.82, 2.24) is 0 Å². The highest BCUT2D eigenvalue weighted by atomic mass is 19.4. The first-order valence-electron chi connectivity index (χ1n) is 8.33. The van der Waals surface area contributed by atoms with Crippen LogP contribution in [-0.2, 0) is 15.7 Å². The number of hydrogen-bond donors (Lipinski definition) is 0. The van der Waals surface area contributed by atoms with Crippen LogP contribution in [0, 0.1) is 30.3 Å². The smallest absolute Gasteiger partial charge is 0.419 e. The maximum absolute atomic E-state index is 13.8. The van der Waals surface area contributed by atoms with Crippen LogP contribution in [0.5, 0.6) is 5.75 Å². The van der Waals surface area contributed by atoms with Crippen molar-refractivity contribution in [3.05, 3.63) is 64.5 Å². The molecule has 152 valence electrons. The Labute approximate surface area is 156 Å². The molecule has 0 aliphatic carbocycles. The molecule has 0 aromatic heterocycles. The minimum Gasteiger partial charge on any atom is -0.487 e. The van der Waals surface area contributed by atoms with Gasteiger partial charge in [-0.2, -0.15) is 13.2 Å². The lowest BCUT2D eigenvalue weighted by Crippen LogP contribution is -2.31. The van der Waals surface area contributed by atoms with E-state index in [2.05, 4.69) is 0 Å². The zero-order chi connectivity index (χ0) is 20.5. The number of hydrogen-bond acceptors (Lipinski definition) is 3. The summed E-state index contributed by atoms with van der Waals surface area (Å²) in [5.41, 5.74) is -0.862. The minimum absolute atomic E-state index is 0.0579. The van der Waals surface area contributed by atoms with E-state index >= 15 is 0 Å². The van der Waals surface area contributed by atoms with Crippen molar-refractivity contribution in [2.75, 3.05) is 19.8 Å². The SMILES string of the molecule is Cc1cc(F)c(OCC2COC(c3ccc(C(F)(F)F)c(F)c3)OC2)c(F)c1. The van der Waals surface area contributed by atoms with E-state index in [0.717, 1.165) is 18.2 Å². The van der Waals surface area contributed by atoms with E-state index in [1.54, 1.807) is 6.92 Å². The first-order valence-corrected chi connectivity index (χ1v) is 8.33. The van der Waals surface area contributed by atoms with E-state index < -0.39 is 41.2 Å². The fraction of sp³-hybridized carbons (Fsp3) is 0.368. The third kappa shape index (κ3) is 4.59. The second kappa shape index (κ2) is 8.00. The van der Waals surface area contributed by atoms with E-state index in [0.29, 0.717) is 17.7 Å². The summed E-state index contributed by atoms with van der Waals surface area (Å²) < 4.78 is 95.0. The zero-order valence-corrected chi connectivity index (χ0v) is 14.7. The molecule has 1 aliphatic rings. The highest BCUT2D eigenvalue weighted by Gasteiger charge is 2.35. The lowest BCUT2D eigenvalue weighted by molar-refractivity contribution is -0.209. The van der Waals surface area contributed by atoms with Crippen molar-refractivity contribution in [2.24, 2.45) is 5.92 Å². The summed E-state index contributed by atoms with van der Waals surface area (Å²) >= 11 is 0.